The van der Waals surface area contributed by atoms with E-state index in [9.17, 15) is 13.2 Å². The molecule has 1 aliphatic heterocycles. The number of sulfonamides is 1. The van der Waals surface area contributed by atoms with Crippen LogP contribution < -0.4 is 9.62 Å². The molecule has 2 unspecified atom stereocenters. The number of aryl methyl sites for hydroxylation is 1. The summed E-state index contributed by atoms with van der Waals surface area (Å²) in [7, 11) is -3.88. The highest BCUT2D eigenvalue weighted by molar-refractivity contribution is 7.90. The van der Waals surface area contributed by atoms with Gasteiger partial charge in [-0.1, -0.05) is 35.9 Å². The van der Waals surface area contributed by atoms with Gasteiger partial charge < -0.3 is 9.80 Å². The van der Waals surface area contributed by atoms with Crippen molar-refractivity contribution in [2.45, 2.75) is 37.8 Å². The molecule has 0 aliphatic carbocycles. The third-order valence-corrected chi connectivity index (χ3v) is 6.15. The Balaban J connectivity index is 1.71. The van der Waals surface area contributed by atoms with Crippen LogP contribution >= 0.6 is 0 Å². The van der Waals surface area contributed by atoms with E-state index in [0.29, 0.717) is 13.1 Å². The summed E-state index contributed by atoms with van der Waals surface area (Å²) < 4.78 is 27.2. The molecule has 1 fully saturated rings. The number of para-hydroxylation sites is 1. The Kier molecular flexibility index (Phi) is 5.41. The van der Waals surface area contributed by atoms with E-state index < -0.39 is 16.1 Å². The fourth-order valence-corrected chi connectivity index (χ4v) is 4.52. The van der Waals surface area contributed by atoms with Gasteiger partial charge in [-0.3, -0.25) is 0 Å². The van der Waals surface area contributed by atoms with Crippen LogP contribution in [-0.4, -0.2) is 44.5 Å². The molecule has 0 aromatic heterocycles. The molecule has 3 rings (SSSR count). The van der Waals surface area contributed by atoms with Crippen LogP contribution in [0.5, 0.6) is 0 Å². The Morgan fingerprint density at radius 3 is 2.07 bits per heavy atom. The zero-order chi connectivity index (χ0) is 19.6. The van der Waals surface area contributed by atoms with Crippen LogP contribution in [-0.2, 0) is 10.0 Å². The average Bonchev–Trinajstić information content (AvgIpc) is 2.62. The lowest BCUT2D eigenvalue weighted by molar-refractivity contribution is 0.182. The number of nitrogens with one attached hydrogen (secondary N) is 1. The van der Waals surface area contributed by atoms with E-state index >= 15 is 0 Å². The fraction of sp³-hybridized carbons (Fsp3) is 0.350. The standard InChI is InChI=1S/C20H25N3O3S/c1-15-9-11-19(12-10-15)27(25,26)21-20(24)22-13-16(2)23(17(3)14-22)18-7-5-4-6-8-18/h4-12,16-17H,13-14H2,1-3H3,(H,21,24). The minimum Gasteiger partial charge on any atom is -0.363 e. The maximum Gasteiger partial charge on any atom is 0.331 e. The maximum atomic E-state index is 12.6. The summed E-state index contributed by atoms with van der Waals surface area (Å²) in [5, 5.41) is 0. The summed E-state index contributed by atoms with van der Waals surface area (Å²) in [5.41, 5.74) is 2.06. The first kappa shape index (κ1) is 19.2. The molecule has 1 N–H and O–H groups in total. The summed E-state index contributed by atoms with van der Waals surface area (Å²) >= 11 is 0. The van der Waals surface area contributed by atoms with Crippen LogP contribution in [0.2, 0.25) is 0 Å². The Bertz CT molecular complexity index is 886. The summed E-state index contributed by atoms with van der Waals surface area (Å²) in [6.07, 6.45) is 0. The van der Waals surface area contributed by atoms with E-state index in [1.54, 1.807) is 17.0 Å². The first-order chi connectivity index (χ1) is 12.8. The molecule has 7 heteroatoms. The van der Waals surface area contributed by atoms with Crippen molar-refractivity contribution in [2.75, 3.05) is 18.0 Å². The number of piperazine rings is 1. The van der Waals surface area contributed by atoms with Gasteiger partial charge in [0.05, 0.1) is 4.90 Å². The number of carbonyl (C=O) groups excluding carboxylic acids is 1. The normalized spacial score (nSPS) is 20.4. The van der Waals surface area contributed by atoms with Gasteiger partial charge in [0.25, 0.3) is 10.0 Å². The van der Waals surface area contributed by atoms with Crippen molar-refractivity contribution in [3.8, 4) is 0 Å². The van der Waals surface area contributed by atoms with E-state index in [1.807, 2.05) is 51.1 Å². The Morgan fingerprint density at radius 2 is 1.52 bits per heavy atom. The first-order valence-corrected chi connectivity index (χ1v) is 10.5. The zero-order valence-corrected chi connectivity index (χ0v) is 16.6. The Hall–Kier alpha value is -2.54. The quantitative estimate of drug-likeness (QED) is 0.879. The fourth-order valence-electron chi connectivity index (χ4n) is 3.55. The molecule has 0 bridgehead atoms. The van der Waals surface area contributed by atoms with Gasteiger partial charge in [-0.2, -0.15) is 0 Å². The molecule has 0 spiro atoms. The molecule has 1 heterocycles. The van der Waals surface area contributed by atoms with E-state index in [0.717, 1.165) is 11.3 Å². The van der Waals surface area contributed by atoms with Gasteiger partial charge >= 0.3 is 6.03 Å². The van der Waals surface area contributed by atoms with Crippen molar-refractivity contribution in [3.05, 3.63) is 60.2 Å². The van der Waals surface area contributed by atoms with Crippen molar-refractivity contribution < 1.29 is 13.2 Å². The molecule has 2 amide bonds. The lowest BCUT2D eigenvalue weighted by Crippen LogP contribution is -2.60. The lowest BCUT2D eigenvalue weighted by atomic mass is 10.1. The molecule has 6 nitrogen and oxygen atoms in total. The molecule has 2 aromatic rings. The smallest absolute Gasteiger partial charge is 0.331 e. The predicted octanol–water partition coefficient (Wildman–Crippen LogP) is 2.99. The van der Waals surface area contributed by atoms with Crippen molar-refractivity contribution in [1.82, 2.24) is 9.62 Å². The minimum absolute atomic E-state index is 0.0731. The van der Waals surface area contributed by atoms with E-state index in [4.69, 9.17) is 0 Å². The van der Waals surface area contributed by atoms with Gasteiger partial charge in [0.2, 0.25) is 0 Å². The summed E-state index contributed by atoms with van der Waals surface area (Å²) in [6, 6.07) is 16.0. The van der Waals surface area contributed by atoms with Gasteiger partial charge in [0.1, 0.15) is 0 Å². The number of nitrogens with zero attached hydrogens (tertiary/aromatic N) is 2. The molecule has 1 aliphatic rings. The van der Waals surface area contributed by atoms with Gasteiger partial charge in [-0.05, 0) is 45.0 Å². The number of hydrogen-bond donors (Lipinski definition) is 1. The number of urea groups is 1. The summed E-state index contributed by atoms with van der Waals surface area (Å²) in [4.78, 5) is 16.5. The molecule has 1 saturated heterocycles. The SMILES string of the molecule is Cc1ccc(S(=O)(=O)NC(=O)N2CC(C)N(c3ccccc3)C(C)C2)cc1. The van der Waals surface area contributed by atoms with Crippen LogP contribution in [0.25, 0.3) is 0 Å². The molecule has 0 radical (unpaired) electrons. The van der Waals surface area contributed by atoms with Gasteiger partial charge in [0.15, 0.2) is 0 Å². The number of hydrogen-bond acceptors (Lipinski definition) is 4. The first-order valence-electron chi connectivity index (χ1n) is 9.00. The Labute approximate surface area is 160 Å². The van der Waals surface area contributed by atoms with E-state index in [2.05, 4.69) is 9.62 Å². The minimum atomic E-state index is -3.88. The predicted molar refractivity (Wildman–Crippen MR) is 106 cm³/mol. The van der Waals surface area contributed by atoms with E-state index in [-0.39, 0.29) is 17.0 Å². The molecular weight excluding hydrogens is 362 g/mol. The Morgan fingerprint density at radius 1 is 0.963 bits per heavy atom. The third kappa shape index (κ3) is 4.24. The van der Waals surface area contributed by atoms with Crippen LogP contribution in [0.15, 0.2) is 59.5 Å². The van der Waals surface area contributed by atoms with Crippen LogP contribution in [0.3, 0.4) is 0 Å². The van der Waals surface area contributed by atoms with Gasteiger partial charge in [-0.25, -0.2) is 17.9 Å². The van der Waals surface area contributed by atoms with Crippen molar-refractivity contribution in [2.24, 2.45) is 0 Å². The molecule has 2 aromatic carbocycles. The summed E-state index contributed by atoms with van der Waals surface area (Å²) in [5.74, 6) is 0. The lowest BCUT2D eigenvalue weighted by Gasteiger charge is -2.45. The van der Waals surface area contributed by atoms with E-state index in [1.165, 1.54) is 12.1 Å². The second kappa shape index (κ2) is 7.60. The van der Waals surface area contributed by atoms with Crippen LogP contribution in [0, 0.1) is 6.92 Å². The second-order valence-electron chi connectivity index (χ2n) is 7.07. The number of benzene rings is 2. The maximum absolute atomic E-state index is 12.6. The van der Waals surface area contributed by atoms with Crippen LogP contribution in [0.4, 0.5) is 10.5 Å². The largest absolute Gasteiger partial charge is 0.363 e. The van der Waals surface area contributed by atoms with Crippen molar-refractivity contribution in [3.63, 3.8) is 0 Å². The highest BCUT2D eigenvalue weighted by Crippen LogP contribution is 2.24. The second-order valence-corrected chi connectivity index (χ2v) is 8.75. The van der Waals surface area contributed by atoms with Crippen LogP contribution in [0.1, 0.15) is 19.4 Å². The third-order valence-electron chi connectivity index (χ3n) is 4.81. The topological polar surface area (TPSA) is 69.7 Å². The van der Waals surface area contributed by atoms with Gasteiger partial charge in [-0.15, -0.1) is 0 Å². The molecule has 2 atom stereocenters. The van der Waals surface area contributed by atoms with Gasteiger partial charge in [0, 0.05) is 30.9 Å². The molecule has 27 heavy (non-hydrogen) atoms. The number of anilines is 1. The van der Waals surface area contributed by atoms with Crippen molar-refractivity contribution in [1.29, 1.82) is 0 Å². The molecular formula is C20H25N3O3S. The number of amides is 2. The number of carbonyl (C=O) groups is 1. The monoisotopic (exact) mass is 387 g/mol. The highest BCUT2D eigenvalue weighted by atomic mass is 32.2. The summed E-state index contributed by atoms with van der Waals surface area (Å²) in [6.45, 7) is 6.86. The average molecular weight is 388 g/mol. The highest BCUT2D eigenvalue weighted by Gasteiger charge is 2.33. The number of rotatable bonds is 3. The zero-order valence-electron chi connectivity index (χ0n) is 15.8. The molecule has 0 saturated carbocycles. The van der Waals surface area contributed by atoms with Crippen molar-refractivity contribution >= 4 is 21.7 Å². The molecule has 144 valence electrons.